The molecule has 1 saturated carbocycles. The van der Waals surface area contributed by atoms with Gasteiger partial charge in [0.2, 0.25) is 0 Å². The summed E-state index contributed by atoms with van der Waals surface area (Å²) in [6.07, 6.45) is 4.67. The number of fused-ring (bicyclic) bond motifs is 1. The lowest BCUT2D eigenvalue weighted by Crippen LogP contribution is -1.99. The van der Waals surface area contributed by atoms with Crippen molar-refractivity contribution in [2.75, 3.05) is 0 Å². The van der Waals surface area contributed by atoms with Crippen molar-refractivity contribution in [2.45, 2.75) is 37.9 Å². The number of hydrogen-bond donors (Lipinski definition) is 0. The van der Waals surface area contributed by atoms with Crippen molar-refractivity contribution in [2.24, 2.45) is 0 Å². The van der Waals surface area contributed by atoms with Crippen LogP contribution in [0, 0.1) is 0 Å². The van der Waals surface area contributed by atoms with Crippen LogP contribution in [0.1, 0.15) is 26.2 Å². The summed E-state index contributed by atoms with van der Waals surface area (Å²) in [5.41, 5.74) is 0.361. The Labute approximate surface area is 43.7 Å². The summed E-state index contributed by atoms with van der Waals surface area (Å²) < 4.78 is 5.34. The second kappa shape index (κ2) is 0.873. The van der Waals surface area contributed by atoms with E-state index in [1.807, 2.05) is 0 Å². The van der Waals surface area contributed by atoms with Gasteiger partial charge in [-0.2, -0.15) is 0 Å². The first-order valence-electron chi connectivity index (χ1n) is 2.99. The highest BCUT2D eigenvalue weighted by molar-refractivity contribution is 5.03. The zero-order valence-corrected chi connectivity index (χ0v) is 4.61. The fourth-order valence-corrected chi connectivity index (χ4v) is 1.51. The van der Waals surface area contributed by atoms with Gasteiger partial charge in [0.15, 0.2) is 0 Å². The summed E-state index contributed by atoms with van der Waals surface area (Å²) in [7, 11) is 0. The molecule has 0 radical (unpaired) electrons. The van der Waals surface area contributed by atoms with Gasteiger partial charge in [-0.3, -0.25) is 0 Å². The minimum atomic E-state index is 0.361. The van der Waals surface area contributed by atoms with Crippen LogP contribution < -0.4 is 0 Å². The highest BCUT2D eigenvalue weighted by atomic mass is 16.6. The molecule has 7 heavy (non-hydrogen) atoms. The Morgan fingerprint density at radius 1 is 1.71 bits per heavy atom. The smallest absolute Gasteiger partial charge is 0.0920 e. The monoisotopic (exact) mass is 98.1 g/mol. The first-order chi connectivity index (χ1) is 3.31. The Morgan fingerprint density at radius 3 is 2.71 bits per heavy atom. The summed E-state index contributed by atoms with van der Waals surface area (Å²) in [6.45, 7) is 2.21. The molecule has 2 atom stereocenters. The molecule has 1 nitrogen and oxygen atoms in total. The van der Waals surface area contributed by atoms with Crippen LogP contribution in [0.3, 0.4) is 0 Å². The molecule has 1 heterocycles. The molecule has 0 aromatic rings. The van der Waals surface area contributed by atoms with Gasteiger partial charge < -0.3 is 4.74 Å². The van der Waals surface area contributed by atoms with Gasteiger partial charge in [-0.15, -0.1) is 0 Å². The summed E-state index contributed by atoms with van der Waals surface area (Å²) in [5.74, 6) is 0. The van der Waals surface area contributed by atoms with Gasteiger partial charge in [-0.25, -0.2) is 0 Å². The standard InChI is InChI=1S/C6H10O/c1-6-4-2-3-5(6)7-6/h5H,2-4H2,1H3. The lowest BCUT2D eigenvalue weighted by atomic mass is 10.1. The fraction of sp³-hybridized carbons (Fsp3) is 1.00. The third-order valence-corrected chi connectivity index (χ3v) is 2.17. The second-order valence-corrected chi connectivity index (χ2v) is 2.81. The minimum Gasteiger partial charge on any atom is -0.366 e. The summed E-state index contributed by atoms with van der Waals surface area (Å²) >= 11 is 0. The van der Waals surface area contributed by atoms with Gasteiger partial charge in [0.1, 0.15) is 0 Å². The van der Waals surface area contributed by atoms with Crippen LogP contribution >= 0.6 is 0 Å². The van der Waals surface area contributed by atoms with Crippen LogP contribution in [0.2, 0.25) is 0 Å². The van der Waals surface area contributed by atoms with Crippen LogP contribution in [0.4, 0.5) is 0 Å². The number of hydrogen-bond acceptors (Lipinski definition) is 1. The molecule has 1 aliphatic heterocycles. The molecule has 0 N–H and O–H groups in total. The van der Waals surface area contributed by atoms with Crippen LogP contribution in [0.15, 0.2) is 0 Å². The summed E-state index contributed by atoms with van der Waals surface area (Å²) in [5, 5.41) is 0. The molecule has 0 spiro atoms. The largest absolute Gasteiger partial charge is 0.366 e. The average molecular weight is 98.1 g/mol. The van der Waals surface area contributed by atoms with E-state index in [0.717, 1.165) is 0 Å². The van der Waals surface area contributed by atoms with E-state index < -0.39 is 0 Å². The molecule has 0 bridgehead atoms. The van der Waals surface area contributed by atoms with Crippen molar-refractivity contribution in [3.8, 4) is 0 Å². The van der Waals surface area contributed by atoms with E-state index >= 15 is 0 Å². The molecule has 0 amide bonds. The van der Waals surface area contributed by atoms with Crippen molar-refractivity contribution in [3.63, 3.8) is 0 Å². The molecular weight excluding hydrogens is 88.1 g/mol. The Morgan fingerprint density at radius 2 is 2.57 bits per heavy atom. The van der Waals surface area contributed by atoms with Gasteiger partial charge in [0.25, 0.3) is 0 Å². The van der Waals surface area contributed by atoms with E-state index in [1.165, 1.54) is 19.3 Å². The van der Waals surface area contributed by atoms with Crippen LogP contribution in [0.5, 0.6) is 0 Å². The van der Waals surface area contributed by atoms with E-state index in [2.05, 4.69) is 6.92 Å². The lowest BCUT2D eigenvalue weighted by Gasteiger charge is -1.93. The fourth-order valence-electron chi connectivity index (χ4n) is 1.51. The normalized spacial score (nSPS) is 57.0. The predicted molar refractivity (Wildman–Crippen MR) is 27.1 cm³/mol. The van der Waals surface area contributed by atoms with Crippen LogP contribution in [-0.4, -0.2) is 11.7 Å². The quantitative estimate of drug-likeness (QED) is 0.416. The molecule has 2 rings (SSSR count). The van der Waals surface area contributed by atoms with E-state index in [-0.39, 0.29) is 0 Å². The maximum Gasteiger partial charge on any atom is 0.0920 e. The topological polar surface area (TPSA) is 12.5 Å². The van der Waals surface area contributed by atoms with Gasteiger partial charge in [-0.1, -0.05) is 0 Å². The van der Waals surface area contributed by atoms with Crippen molar-refractivity contribution in [1.82, 2.24) is 0 Å². The van der Waals surface area contributed by atoms with Crippen molar-refractivity contribution < 1.29 is 4.74 Å². The zero-order chi connectivity index (χ0) is 4.91. The molecule has 1 heteroatoms. The highest BCUT2D eigenvalue weighted by Crippen LogP contribution is 2.49. The van der Waals surface area contributed by atoms with Gasteiger partial charge in [0.05, 0.1) is 11.7 Å². The second-order valence-electron chi connectivity index (χ2n) is 2.81. The number of ether oxygens (including phenoxy) is 1. The third kappa shape index (κ3) is 0.367. The van der Waals surface area contributed by atoms with E-state index in [4.69, 9.17) is 4.74 Å². The Balaban J connectivity index is 2.17. The lowest BCUT2D eigenvalue weighted by molar-refractivity contribution is 0.265. The molecule has 2 fully saturated rings. The molecule has 40 valence electrons. The van der Waals surface area contributed by atoms with Crippen LogP contribution in [0.25, 0.3) is 0 Å². The average Bonchev–Trinajstić information content (AvgIpc) is 2.09. The van der Waals surface area contributed by atoms with Crippen molar-refractivity contribution >= 4 is 0 Å². The van der Waals surface area contributed by atoms with Crippen molar-refractivity contribution in [3.05, 3.63) is 0 Å². The maximum absolute atomic E-state index is 5.34. The van der Waals surface area contributed by atoms with E-state index in [9.17, 15) is 0 Å². The molecule has 0 aromatic heterocycles. The third-order valence-electron chi connectivity index (χ3n) is 2.17. The minimum absolute atomic E-state index is 0.361. The van der Waals surface area contributed by atoms with E-state index in [0.29, 0.717) is 11.7 Å². The molecular formula is C6H10O. The number of epoxide rings is 1. The van der Waals surface area contributed by atoms with Gasteiger partial charge >= 0.3 is 0 Å². The molecule has 2 unspecified atom stereocenters. The Bertz CT molecular complexity index is 98.4. The highest BCUT2D eigenvalue weighted by Gasteiger charge is 2.55. The zero-order valence-electron chi connectivity index (χ0n) is 4.61. The van der Waals surface area contributed by atoms with Crippen LogP contribution in [-0.2, 0) is 4.74 Å². The molecule has 0 aromatic carbocycles. The molecule has 1 saturated heterocycles. The summed E-state index contributed by atoms with van der Waals surface area (Å²) in [6, 6.07) is 0. The molecule has 2 aliphatic rings. The van der Waals surface area contributed by atoms with E-state index in [1.54, 1.807) is 0 Å². The van der Waals surface area contributed by atoms with Gasteiger partial charge in [-0.05, 0) is 26.2 Å². The maximum atomic E-state index is 5.34. The van der Waals surface area contributed by atoms with Gasteiger partial charge in [0, 0.05) is 0 Å². The summed E-state index contributed by atoms with van der Waals surface area (Å²) in [4.78, 5) is 0. The Kier molecular flexibility index (Phi) is 0.487. The molecule has 1 aliphatic carbocycles. The first-order valence-corrected chi connectivity index (χ1v) is 2.99. The van der Waals surface area contributed by atoms with Crippen molar-refractivity contribution in [1.29, 1.82) is 0 Å². The first kappa shape index (κ1) is 3.90. The SMILES string of the molecule is CC12CCCC1O2. The Hall–Kier alpha value is -0.0400. The number of rotatable bonds is 0. The predicted octanol–water partition coefficient (Wildman–Crippen LogP) is 1.33.